The van der Waals surface area contributed by atoms with Gasteiger partial charge in [0.25, 0.3) is 11.8 Å². The summed E-state index contributed by atoms with van der Waals surface area (Å²) in [5, 5.41) is 0. The molecule has 1 aliphatic heterocycles. The first kappa shape index (κ1) is 9.33. The van der Waals surface area contributed by atoms with E-state index in [2.05, 4.69) is 0 Å². The van der Waals surface area contributed by atoms with E-state index in [-0.39, 0.29) is 17.9 Å². The Balaban J connectivity index is 2.01. The fraction of sp³-hybridized carbons (Fsp3) is 0.231. The van der Waals surface area contributed by atoms with Crippen LogP contribution >= 0.6 is 0 Å². The molecule has 1 heterocycles. The summed E-state index contributed by atoms with van der Waals surface area (Å²) in [5.41, 5.74) is 1.08. The van der Waals surface area contributed by atoms with Crippen LogP contribution in [0.4, 0.5) is 0 Å². The lowest BCUT2D eigenvalue weighted by atomic mass is 10.1. The van der Waals surface area contributed by atoms with E-state index in [1.807, 2.05) is 12.2 Å². The van der Waals surface area contributed by atoms with E-state index in [0.29, 0.717) is 11.1 Å². The molecule has 0 saturated heterocycles. The largest absolute Gasteiger partial charge is 0.271 e. The Bertz CT molecular complexity index is 461. The van der Waals surface area contributed by atoms with Crippen molar-refractivity contribution in [3.63, 3.8) is 0 Å². The highest BCUT2D eigenvalue weighted by atomic mass is 16.2. The van der Waals surface area contributed by atoms with Crippen molar-refractivity contribution in [2.24, 2.45) is 0 Å². The number of benzene rings is 1. The van der Waals surface area contributed by atoms with E-state index in [9.17, 15) is 9.59 Å². The van der Waals surface area contributed by atoms with Crippen LogP contribution < -0.4 is 0 Å². The lowest BCUT2D eigenvalue weighted by Crippen LogP contribution is -2.38. The first-order valence-corrected chi connectivity index (χ1v) is 5.41. The summed E-state index contributed by atoms with van der Waals surface area (Å²) >= 11 is 0. The molecule has 0 radical (unpaired) electrons. The van der Waals surface area contributed by atoms with Gasteiger partial charge in [-0.3, -0.25) is 14.5 Å². The Morgan fingerprint density at radius 1 is 0.938 bits per heavy atom. The van der Waals surface area contributed by atoms with Gasteiger partial charge in [-0.2, -0.15) is 0 Å². The maximum atomic E-state index is 12.1. The molecule has 2 aliphatic rings. The van der Waals surface area contributed by atoms with E-state index >= 15 is 0 Å². The molecule has 16 heavy (non-hydrogen) atoms. The van der Waals surface area contributed by atoms with Gasteiger partial charge in [0, 0.05) is 6.04 Å². The van der Waals surface area contributed by atoms with Crippen LogP contribution in [-0.4, -0.2) is 22.8 Å². The van der Waals surface area contributed by atoms with Gasteiger partial charge in [0.15, 0.2) is 0 Å². The predicted molar refractivity (Wildman–Crippen MR) is 59.1 cm³/mol. The molecule has 0 spiro atoms. The molecule has 0 atom stereocenters. The van der Waals surface area contributed by atoms with Crippen LogP contribution in [0, 0.1) is 0 Å². The standard InChI is InChI=1S/C13H11NO2/c15-12-10-7-3-4-8-11(10)13(16)14(12)9-5-1-2-6-9/h1-4,7-9H,5-6H2. The average molecular weight is 213 g/mol. The highest BCUT2D eigenvalue weighted by molar-refractivity contribution is 6.21. The summed E-state index contributed by atoms with van der Waals surface area (Å²) in [6.07, 6.45) is 5.61. The van der Waals surface area contributed by atoms with Gasteiger partial charge >= 0.3 is 0 Å². The van der Waals surface area contributed by atoms with Gasteiger partial charge in [0.05, 0.1) is 11.1 Å². The van der Waals surface area contributed by atoms with Crippen LogP contribution in [-0.2, 0) is 0 Å². The van der Waals surface area contributed by atoms with Gasteiger partial charge in [0.2, 0.25) is 0 Å². The van der Waals surface area contributed by atoms with Gasteiger partial charge in [-0.15, -0.1) is 0 Å². The normalized spacial score (nSPS) is 19.6. The topological polar surface area (TPSA) is 37.4 Å². The van der Waals surface area contributed by atoms with Crippen molar-refractivity contribution in [3.8, 4) is 0 Å². The monoisotopic (exact) mass is 213 g/mol. The predicted octanol–water partition coefficient (Wildman–Crippen LogP) is 2.00. The number of carbonyl (C=O) groups is 2. The zero-order valence-corrected chi connectivity index (χ0v) is 8.72. The molecular formula is C13H11NO2. The molecule has 0 aromatic heterocycles. The number of amides is 2. The van der Waals surface area contributed by atoms with Crippen LogP contribution in [0.1, 0.15) is 33.6 Å². The fourth-order valence-electron chi connectivity index (χ4n) is 2.35. The Morgan fingerprint density at radius 2 is 1.44 bits per heavy atom. The molecule has 3 rings (SSSR count). The molecule has 3 nitrogen and oxygen atoms in total. The van der Waals surface area contributed by atoms with Crippen molar-refractivity contribution in [2.75, 3.05) is 0 Å². The lowest BCUT2D eigenvalue weighted by Gasteiger charge is -2.21. The lowest BCUT2D eigenvalue weighted by molar-refractivity contribution is 0.0592. The van der Waals surface area contributed by atoms with E-state index in [1.165, 1.54) is 4.90 Å². The number of nitrogens with zero attached hydrogens (tertiary/aromatic N) is 1. The van der Waals surface area contributed by atoms with E-state index in [0.717, 1.165) is 12.8 Å². The molecule has 1 aromatic carbocycles. The molecule has 80 valence electrons. The average Bonchev–Trinajstić information content (AvgIpc) is 2.89. The maximum absolute atomic E-state index is 12.1. The summed E-state index contributed by atoms with van der Waals surface area (Å²) in [7, 11) is 0. The van der Waals surface area contributed by atoms with E-state index in [4.69, 9.17) is 0 Å². The van der Waals surface area contributed by atoms with Crippen molar-refractivity contribution >= 4 is 11.8 Å². The number of carbonyl (C=O) groups excluding carboxylic acids is 2. The zero-order valence-electron chi connectivity index (χ0n) is 8.72. The van der Waals surface area contributed by atoms with Crippen LogP contribution in [0.2, 0.25) is 0 Å². The van der Waals surface area contributed by atoms with Crippen LogP contribution in [0.3, 0.4) is 0 Å². The molecular weight excluding hydrogens is 202 g/mol. The molecule has 0 N–H and O–H groups in total. The van der Waals surface area contributed by atoms with Crippen LogP contribution in [0.5, 0.6) is 0 Å². The number of hydrogen-bond acceptors (Lipinski definition) is 2. The minimum Gasteiger partial charge on any atom is -0.271 e. The van der Waals surface area contributed by atoms with Gasteiger partial charge in [-0.1, -0.05) is 24.3 Å². The molecule has 1 aliphatic carbocycles. The first-order valence-electron chi connectivity index (χ1n) is 5.41. The number of fused-ring (bicyclic) bond motifs is 1. The minimum absolute atomic E-state index is 0.0207. The molecule has 0 fully saturated rings. The van der Waals surface area contributed by atoms with Gasteiger partial charge in [0.1, 0.15) is 0 Å². The Labute approximate surface area is 93.4 Å². The minimum atomic E-state index is -0.144. The van der Waals surface area contributed by atoms with Gasteiger partial charge in [-0.05, 0) is 25.0 Å². The molecule has 1 aromatic rings. The highest BCUT2D eigenvalue weighted by Gasteiger charge is 2.39. The summed E-state index contributed by atoms with van der Waals surface area (Å²) in [6.45, 7) is 0. The van der Waals surface area contributed by atoms with Crippen molar-refractivity contribution in [1.29, 1.82) is 0 Å². The third-order valence-electron chi connectivity index (χ3n) is 3.17. The summed E-state index contributed by atoms with van der Waals surface area (Å²) < 4.78 is 0. The third kappa shape index (κ3) is 1.14. The van der Waals surface area contributed by atoms with Crippen molar-refractivity contribution in [1.82, 2.24) is 4.90 Å². The quantitative estimate of drug-likeness (QED) is 0.528. The summed E-state index contributed by atoms with van der Waals surface area (Å²) in [5.74, 6) is -0.288. The first-order chi connectivity index (χ1) is 7.79. The number of hydrogen-bond donors (Lipinski definition) is 0. The van der Waals surface area contributed by atoms with E-state index in [1.54, 1.807) is 24.3 Å². The number of rotatable bonds is 1. The molecule has 0 saturated carbocycles. The summed E-state index contributed by atoms with van der Waals surface area (Å²) in [6, 6.07) is 7.05. The molecule has 2 amide bonds. The number of imide groups is 1. The van der Waals surface area contributed by atoms with E-state index < -0.39 is 0 Å². The second-order valence-corrected chi connectivity index (χ2v) is 4.12. The third-order valence-corrected chi connectivity index (χ3v) is 3.17. The molecule has 0 unspecified atom stereocenters. The highest BCUT2D eigenvalue weighted by Crippen LogP contribution is 2.28. The Hall–Kier alpha value is -1.90. The van der Waals surface area contributed by atoms with Crippen molar-refractivity contribution < 1.29 is 9.59 Å². The SMILES string of the molecule is O=C1c2ccccc2C(=O)N1C1CC=CC1. The Kier molecular flexibility index (Phi) is 1.93. The van der Waals surface area contributed by atoms with Crippen LogP contribution in [0.25, 0.3) is 0 Å². The second kappa shape index (κ2) is 3.30. The zero-order chi connectivity index (χ0) is 11.1. The van der Waals surface area contributed by atoms with Gasteiger partial charge in [-0.25, -0.2) is 0 Å². The van der Waals surface area contributed by atoms with Crippen LogP contribution in [0.15, 0.2) is 36.4 Å². The van der Waals surface area contributed by atoms with Gasteiger partial charge < -0.3 is 0 Å². The maximum Gasteiger partial charge on any atom is 0.261 e. The molecule has 3 heteroatoms. The van der Waals surface area contributed by atoms with Crippen molar-refractivity contribution in [2.45, 2.75) is 18.9 Å². The smallest absolute Gasteiger partial charge is 0.261 e. The Morgan fingerprint density at radius 3 is 1.94 bits per heavy atom. The summed E-state index contributed by atoms with van der Waals surface area (Å²) in [4.78, 5) is 25.6. The molecule has 0 bridgehead atoms. The van der Waals surface area contributed by atoms with Crippen molar-refractivity contribution in [3.05, 3.63) is 47.5 Å². The fourth-order valence-corrected chi connectivity index (χ4v) is 2.35. The second-order valence-electron chi connectivity index (χ2n) is 4.12.